The van der Waals surface area contributed by atoms with Crippen molar-refractivity contribution in [3.63, 3.8) is 0 Å². The zero-order chi connectivity index (χ0) is 20.8. The molecule has 0 saturated heterocycles. The van der Waals surface area contributed by atoms with Gasteiger partial charge in [-0.05, 0) is 35.2 Å². The normalized spacial score (nSPS) is 12.4. The predicted molar refractivity (Wildman–Crippen MR) is 113 cm³/mol. The number of carbonyl (C=O) groups excluding carboxylic acids is 2. The van der Waals surface area contributed by atoms with Crippen molar-refractivity contribution in [1.29, 1.82) is 0 Å². The number of nitrogens with zero attached hydrogens (tertiary/aromatic N) is 1. The molecule has 0 radical (unpaired) electrons. The van der Waals surface area contributed by atoms with Crippen LogP contribution in [0.5, 0.6) is 0 Å². The van der Waals surface area contributed by atoms with E-state index < -0.39 is 5.91 Å². The van der Waals surface area contributed by atoms with Crippen LogP contribution in [0.25, 0.3) is 22.5 Å². The SMILES string of the molecule is CC(C)(C)CNC(=O)c1ccc2c(c1)Cc1c(-c3ccc(C(N)=O)cc3)n[nH]c1-2. The molecule has 0 aliphatic heterocycles. The van der Waals surface area contributed by atoms with Gasteiger partial charge in [0.1, 0.15) is 0 Å². The molecule has 29 heavy (non-hydrogen) atoms. The molecular weight excluding hydrogens is 364 g/mol. The molecule has 6 heteroatoms. The highest BCUT2D eigenvalue weighted by Crippen LogP contribution is 2.40. The van der Waals surface area contributed by atoms with Crippen LogP contribution in [-0.4, -0.2) is 28.6 Å². The Labute approximate surface area is 169 Å². The monoisotopic (exact) mass is 388 g/mol. The standard InChI is InChI=1S/C23H24N4O2/c1-23(2,3)12-25-22(29)15-8-9-17-16(10-15)11-18-19(26-27-20(17)18)13-4-6-14(7-5-13)21(24)28/h4-10H,11-12H2,1-3H3,(H2,24,28)(H,25,29)(H,26,27). The van der Waals surface area contributed by atoms with Gasteiger partial charge in [-0.2, -0.15) is 5.10 Å². The number of benzene rings is 2. The molecule has 3 aromatic rings. The highest BCUT2D eigenvalue weighted by molar-refractivity contribution is 5.96. The van der Waals surface area contributed by atoms with Crippen LogP contribution in [-0.2, 0) is 6.42 Å². The van der Waals surface area contributed by atoms with Gasteiger partial charge in [0.2, 0.25) is 5.91 Å². The van der Waals surface area contributed by atoms with E-state index in [0.717, 1.165) is 33.6 Å². The number of rotatable bonds is 4. The molecule has 1 aromatic heterocycles. The number of carbonyl (C=O) groups is 2. The minimum absolute atomic E-state index is 0.0362. The minimum atomic E-state index is -0.450. The second-order valence-electron chi connectivity index (χ2n) is 8.66. The first-order chi connectivity index (χ1) is 13.7. The molecule has 0 fully saturated rings. The molecule has 6 nitrogen and oxygen atoms in total. The van der Waals surface area contributed by atoms with Crippen molar-refractivity contribution < 1.29 is 9.59 Å². The van der Waals surface area contributed by atoms with Gasteiger partial charge in [-0.15, -0.1) is 0 Å². The maximum atomic E-state index is 12.5. The lowest BCUT2D eigenvalue weighted by molar-refractivity contribution is 0.0938. The van der Waals surface area contributed by atoms with Crippen molar-refractivity contribution in [3.05, 3.63) is 64.7 Å². The van der Waals surface area contributed by atoms with Gasteiger partial charge in [0, 0.05) is 40.8 Å². The lowest BCUT2D eigenvalue weighted by Gasteiger charge is -2.18. The van der Waals surface area contributed by atoms with Crippen molar-refractivity contribution in [2.75, 3.05) is 6.54 Å². The Morgan fingerprint density at radius 1 is 1.10 bits per heavy atom. The lowest BCUT2D eigenvalue weighted by atomic mass is 9.96. The largest absolute Gasteiger partial charge is 0.366 e. The van der Waals surface area contributed by atoms with E-state index in [1.165, 1.54) is 0 Å². The number of amides is 2. The van der Waals surface area contributed by atoms with Crippen molar-refractivity contribution in [3.8, 4) is 22.5 Å². The molecule has 0 unspecified atom stereocenters. The topological polar surface area (TPSA) is 101 Å². The number of aromatic nitrogens is 2. The Kier molecular flexibility index (Phi) is 4.49. The van der Waals surface area contributed by atoms with Crippen LogP contribution in [0, 0.1) is 5.41 Å². The van der Waals surface area contributed by atoms with E-state index in [0.29, 0.717) is 24.1 Å². The first-order valence-electron chi connectivity index (χ1n) is 9.62. The van der Waals surface area contributed by atoms with Crippen LogP contribution in [0.1, 0.15) is 52.6 Å². The number of nitrogens with one attached hydrogen (secondary N) is 2. The third-order valence-electron chi connectivity index (χ3n) is 5.09. The first-order valence-corrected chi connectivity index (χ1v) is 9.62. The summed E-state index contributed by atoms with van der Waals surface area (Å²) >= 11 is 0. The molecule has 0 bridgehead atoms. The van der Waals surface area contributed by atoms with Crippen molar-refractivity contribution in [2.45, 2.75) is 27.2 Å². The molecule has 2 amide bonds. The summed E-state index contributed by atoms with van der Waals surface area (Å²) in [5.74, 6) is -0.507. The second-order valence-corrected chi connectivity index (χ2v) is 8.66. The van der Waals surface area contributed by atoms with Gasteiger partial charge in [0.05, 0.1) is 11.4 Å². The van der Waals surface area contributed by atoms with Crippen LogP contribution >= 0.6 is 0 Å². The molecule has 0 spiro atoms. The second kappa shape index (κ2) is 6.88. The molecular formula is C23H24N4O2. The van der Waals surface area contributed by atoms with Gasteiger partial charge >= 0.3 is 0 Å². The summed E-state index contributed by atoms with van der Waals surface area (Å²) in [4.78, 5) is 23.8. The van der Waals surface area contributed by atoms with E-state index >= 15 is 0 Å². The maximum Gasteiger partial charge on any atom is 0.251 e. The number of nitrogens with two attached hydrogens (primary N) is 1. The molecule has 1 aliphatic rings. The predicted octanol–water partition coefficient (Wildman–Crippen LogP) is 3.52. The fraction of sp³-hybridized carbons (Fsp3) is 0.261. The third-order valence-corrected chi connectivity index (χ3v) is 5.09. The summed E-state index contributed by atoms with van der Waals surface area (Å²) in [5.41, 5.74) is 12.5. The zero-order valence-electron chi connectivity index (χ0n) is 16.8. The minimum Gasteiger partial charge on any atom is -0.366 e. The van der Waals surface area contributed by atoms with Crippen molar-refractivity contribution >= 4 is 11.8 Å². The van der Waals surface area contributed by atoms with Crippen LogP contribution in [0.15, 0.2) is 42.5 Å². The number of hydrogen-bond acceptors (Lipinski definition) is 3. The highest BCUT2D eigenvalue weighted by atomic mass is 16.2. The fourth-order valence-corrected chi connectivity index (χ4v) is 3.55. The summed E-state index contributed by atoms with van der Waals surface area (Å²) in [6, 6.07) is 12.9. The molecule has 2 aromatic carbocycles. The Bertz CT molecular complexity index is 1100. The van der Waals surface area contributed by atoms with Crippen LogP contribution in [0.4, 0.5) is 0 Å². The van der Waals surface area contributed by atoms with Crippen molar-refractivity contribution in [1.82, 2.24) is 15.5 Å². The quantitative estimate of drug-likeness (QED) is 0.498. The molecule has 148 valence electrons. The van der Waals surface area contributed by atoms with E-state index in [4.69, 9.17) is 5.73 Å². The molecule has 4 N–H and O–H groups in total. The number of H-pyrrole nitrogens is 1. The van der Waals surface area contributed by atoms with E-state index in [1.54, 1.807) is 12.1 Å². The van der Waals surface area contributed by atoms with Crippen LogP contribution in [0.2, 0.25) is 0 Å². The smallest absolute Gasteiger partial charge is 0.251 e. The molecule has 4 rings (SSSR count). The van der Waals surface area contributed by atoms with Gasteiger partial charge in [-0.25, -0.2) is 0 Å². The summed E-state index contributed by atoms with van der Waals surface area (Å²) in [5, 5.41) is 10.6. The molecule has 0 saturated carbocycles. The van der Waals surface area contributed by atoms with E-state index in [1.807, 2.05) is 30.3 Å². The molecule has 0 atom stereocenters. The van der Waals surface area contributed by atoms with E-state index in [-0.39, 0.29) is 11.3 Å². The number of primary amides is 1. The number of aromatic amines is 1. The van der Waals surface area contributed by atoms with E-state index in [2.05, 4.69) is 36.3 Å². The summed E-state index contributed by atoms with van der Waals surface area (Å²) in [7, 11) is 0. The maximum absolute atomic E-state index is 12.5. The number of fused-ring (bicyclic) bond motifs is 3. The fourth-order valence-electron chi connectivity index (χ4n) is 3.55. The molecule has 1 aliphatic carbocycles. The number of hydrogen-bond donors (Lipinski definition) is 3. The highest BCUT2D eigenvalue weighted by Gasteiger charge is 2.26. The Hall–Kier alpha value is -3.41. The van der Waals surface area contributed by atoms with Gasteiger partial charge in [0.25, 0.3) is 5.91 Å². The average molecular weight is 388 g/mol. The van der Waals surface area contributed by atoms with Gasteiger partial charge in [-0.3, -0.25) is 14.7 Å². The van der Waals surface area contributed by atoms with Crippen LogP contribution < -0.4 is 11.1 Å². The third kappa shape index (κ3) is 3.66. The molecule has 1 heterocycles. The van der Waals surface area contributed by atoms with Gasteiger partial charge in [0.15, 0.2) is 0 Å². The Balaban J connectivity index is 1.59. The van der Waals surface area contributed by atoms with Gasteiger partial charge in [-0.1, -0.05) is 39.0 Å². The summed E-state index contributed by atoms with van der Waals surface area (Å²) in [6.07, 6.45) is 0.703. The first kappa shape index (κ1) is 18.9. The zero-order valence-corrected chi connectivity index (χ0v) is 16.8. The van der Waals surface area contributed by atoms with Gasteiger partial charge < -0.3 is 11.1 Å². The van der Waals surface area contributed by atoms with E-state index in [9.17, 15) is 9.59 Å². The summed E-state index contributed by atoms with van der Waals surface area (Å²) in [6.45, 7) is 6.89. The lowest BCUT2D eigenvalue weighted by Crippen LogP contribution is -2.32. The van der Waals surface area contributed by atoms with Crippen molar-refractivity contribution in [2.24, 2.45) is 11.1 Å². The average Bonchev–Trinajstić information content (AvgIpc) is 3.24. The Morgan fingerprint density at radius 3 is 2.45 bits per heavy atom. The van der Waals surface area contributed by atoms with Crippen LogP contribution in [0.3, 0.4) is 0 Å². The summed E-state index contributed by atoms with van der Waals surface area (Å²) < 4.78 is 0. The Morgan fingerprint density at radius 2 is 1.79 bits per heavy atom.